The van der Waals surface area contributed by atoms with E-state index in [2.05, 4.69) is 9.97 Å². The summed E-state index contributed by atoms with van der Waals surface area (Å²) in [6.07, 6.45) is 4.90. The van der Waals surface area contributed by atoms with E-state index in [1.54, 1.807) is 16.7 Å². The molecule has 0 saturated carbocycles. The SMILES string of the molecule is OCc1c(Oc2cncc(Cl)c2)nc2sccn12. The number of pyridine rings is 1. The monoisotopic (exact) mass is 281 g/mol. The fraction of sp³-hybridized carbons (Fsp3) is 0.0909. The van der Waals surface area contributed by atoms with E-state index >= 15 is 0 Å². The lowest BCUT2D eigenvalue weighted by atomic mass is 10.4. The fourth-order valence-electron chi connectivity index (χ4n) is 1.60. The van der Waals surface area contributed by atoms with Gasteiger partial charge in [-0.05, 0) is 0 Å². The Balaban J connectivity index is 2.01. The van der Waals surface area contributed by atoms with Gasteiger partial charge in [0, 0.05) is 23.8 Å². The second-order valence-electron chi connectivity index (χ2n) is 3.52. The van der Waals surface area contributed by atoms with Crippen LogP contribution in [0.5, 0.6) is 11.6 Å². The van der Waals surface area contributed by atoms with E-state index in [0.29, 0.717) is 22.3 Å². The van der Waals surface area contributed by atoms with Crippen molar-refractivity contribution in [3.8, 4) is 11.6 Å². The second-order valence-corrected chi connectivity index (χ2v) is 4.83. The van der Waals surface area contributed by atoms with Crippen molar-refractivity contribution in [1.29, 1.82) is 0 Å². The summed E-state index contributed by atoms with van der Waals surface area (Å²) in [4.78, 5) is 8.99. The lowest BCUT2D eigenvalue weighted by Gasteiger charge is -2.03. The molecule has 0 aliphatic carbocycles. The van der Waals surface area contributed by atoms with E-state index in [0.717, 1.165) is 4.96 Å². The molecule has 3 aromatic heterocycles. The number of ether oxygens (including phenoxy) is 1. The van der Waals surface area contributed by atoms with Gasteiger partial charge in [0.05, 0.1) is 17.8 Å². The molecule has 0 saturated heterocycles. The zero-order valence-electron chi connectivity index (χ0n) is 9.08. The smallest absolute Gasteiger partial charge is 0.244 e. The number of hydrogen-bond donors (Lipinski definition) is 1. The molecule has 3 aromatic rings. The minimum absolute atomic E-state index is 0.152. The van der Waals surface area contributed by atoms with Crippen LogP contribution in [0.4, 0.5) is 0 Å². The highest BCUT2D eigenvalue weighted by atomic mass is 35.5. The standard InChI is InChI=1S/C11H8ClN3O2S/c12-7-3-8(5-13-4-7)17-10-9(6-16)15-1-2-18-11(15)14-10/h1-5,16H,6H2. The molecule has 0 amide bonds. The third-order valence-electron chi connectivity index (χ3n) is 2.37. The van der Waals surface area contributed by atoms with Crippen LogP contribution >= 0.6 is 22.9 Å². The van der Waals surface area contributed by atoms with E-state index in [1.165, 1.54) is 17.5 Å². The lowest BCUT2D eigenvalue weighted by Crippen LogP contribution is -1.93. The number of hydrogen-bond acceptors (Lipinski definition) is 5. The van der Waals surface area contributed by atoms with Crippen LogP contribution < -0.4 is 4.74 Å². The predicted molar refractivity (Wildman–Crippen MR) is 68.3 cm³/mol. The Kier molecular flexibility index (Phi) is 2.91. The molecule has 0 radical (unpaired) electrons. The molecule has 0 bridgehead atoms. The van der Waals surface area contributed by atoms with E-state index in [4.69, 9.17) is 16.3 Å². The van der Waals surface area contributed by atoms with Gasteiger partial charge in [0.15, 0.2) is 4.96 Å². The molecule has 3 rings (SSSR count). The van der Waals surface area contributed by atoms with Crippen molar-refractivity contribution in [3.05, 3.63) is 40.8 Å². The van der Waals surface area contributed by atoms with Gasteiger partial charge in [-0.25, -0.2) is 0 Å². The maximum atomic E-state index is 9.38. The summed E-state index contributed by atoms with van der Waals surface area (Å²) in [5.74, 6) is 0.858. The molecule has 92 valence electrons. The number of fused-ring (bicyclic) bond motifs is 1. The normalized spacial score (nSPS) is 11.0. The van der Waals surface area contributed by atoms with Crippen LogP contribution in [0.2, 0.25) is 5.02 Å². The van der Waals surface area contributed by atoms with Crippen LogP contribution in [-0.4, -0.2) is 19.5 Å². The van der Waals surface area contributed by atoms with Crippen molar-refractivity contribution in [2.45, 2.75) is 6.61 Å². The second kappa shape index (κ2) is 4.56. The zero-order valence-corrected chi connectivity index (χ0v) is 10.6. The first-order valence-electron chi connectivity index (χ1n) is 5.11. The van der Waals surface area contributed by atoms with Gasteiger partial charge in [0.25, 0.3) is 0 Å². The molecule has 0 aliphatic rings. The van der Waals surface area contributed by atoms with Crippen LogP contribution in [0, 0.1) is 0 Å². The molecule has 0 unspecified atom stereocenters. The van der Waals surface area contributed by atoms with Gasteiger partial charge < -0.3 is 9.84 Å². The molecule has 0 aliphatic heterocycles. The lowest BCUT2D eigenvalue weighted by molar-refractivity contribution is 0.269. The number of aromatic nitrogens is 3. The number of aliphatic hydroxyl groups is 1. The topological polar surface area (TPSA) is 59.7 Å². The third kappa shape index (κ3) is 1.94. The van der Waals surface area contributed by atoms with Crippen molar-refractivity contribution < 1.29 is 9.84 Å². The van der Waals surface area contributed by atoms with Gasteiger partial charge in [-0.2, -0.15) is 4.98 Å². The maximum absolute atomic E-state index is 9.38. The van der Waals surface area contributed by atoms with Gasteiger partial charge in [0.1, 0.15) is 11.4 Å². The quantitative estimate of drug-likeness (QED) is 0.802. The van der Waals surface area contributed by atoms with Crippen molar-refractivity contribution in [1.82, 2.24) is 14.4 Å². The number of imidazole rings is 1. The first kappa shape index (κ1) is 11.5. The van der Waals surface area contributed by atoms with Gasteiger partial charge >= 0.3 is 0 Å². The molecule has 0 fully saturated rings. The number of thiazole rings is 1. The van der Waals surface area contributed by atoms with Crippen LogP contribution in [0.15, 0.2) is 30.0 Å². The Morgan fingerprint density at radius 2 is 2.33 bits per heavy atom. The number of rotatable bonds is 3. The van der Waals surface area contributed by atoms with E-state index in [9.17, 15) is 5.11 Å². The Morgan fingerprint density at radius 3 is 3.11 bits per heavy atom. The van der Waals surface area contributed by atoms with Gasteiger partial charge in [-0.3, -0.25) is 9.38 Å². The molecule has 0 aromatic carbocycles. The molecular formula is C11H8ClN3O2S. The zero-order chi connectivity index (χ0) is 12.5. The Hall–Kier alpha value is -1.63. The number of halogens is 1. The fourth-order valence-corrected chi connectivity index (χ4v) is 2.49. The average Bonchev–Trinajstić information content (AvgIpc) is 2.89. The first-order valence-corrected chi connectivity index (χ1v) is 6.37. The first-order chi connectivity index (χ1) is 8.78. The molecule has 1 N–H and O–H groups in total. The Bertz CT molecular complexity index is 694. The summed E-state index contributed by atoms with van der Waals surface area (Å²) in [5, 5.41) is 11.8. The van der Waals surface area contributed by atoms with Crippen LogP contribution in [0.25, 0.3) is 4.96 Å². The molecule has 0 spiro atoms. The van der Waals surface area contributed by atoms with Crippen LogP contribution in [0.3, 0.4) is 0 Å². The maximum Gasteiger partial charge on any atom is 0.244 e. The van der Waals surface area contributed by atoms with Crippen molar-refractivity contribution in [2.75, 3.05) is 0 Å². The summed E-state index contributed by atoms with van der Waals surface area (Å²) >= 11 is 7.30. The number of nitrogens with zero attached hydrogens (tertiary/aromatic N) is 3. The average molecular weight is 282 g/mol. The molecule has 3 heterocycles. The van der Waals surface area contributed by atoms with E-state index in [1.807, 2.05) is 11.6 Å². The summed E-state index contributed by atoms with van der Waals surface area (Å²) in [5.41, 5.74) is 0.603. The van der Waals surface area contributed by atoms with Crippen molar-refractivity contribution in [3.63, 3.8) is 0 Å². The highest BCUT2D eigenvalue weighted by Gasteiger charge is 2.14. The summed E-state index contributed by atoms with van der Waals surface area (Å²) in [6, 6.07) is 1.64. The number of aliphatic hydroxyl groups excluding tert-OH is 1. The highest BCUT2D eigenvalue weighted by Crippen LogP contribution is 2.28. The summed E-state index contributed by atoms with van der Waals surface area (Å²) < 4.78 is 7.38. The molecular weight excluding hydrogens is 274 g/mol. The largest absolute Gasteiger partial charge is 0.435 e. The highest BCUT2D eigenvalue weighted by molar-refractivity contribution is 7.15. The summed E-state index contributed by atoms with van der Waals surface area (Å²) in [7, 11) is 0. The molecule has 7 heteroatoms. The van der Waals surface area contributed by atoms with Gasteiger partial charge in [0.2, 0.25) is 5.88 Å². The third-order valence-corrected chi connectivity index (χ3v) is 3.33. The van der Waals surface area contributed by atoms with E-state index < -0.39 is 0 Å². The van der Waals surface area contributed by atoms with Crippen molar-refractivity contribution >= 4 is 27.9 Å². The minimum atomic E-state index is -0.152. The van der Waals surface area contributed by atoms with Crippen molar-refractivity contribution in [2.24, 2.45) is 0 Å². The molecule has 5 nitrogen and oxygen atoms in total. The van der Waals surface area contributed by atoms with Gasteiger partial charge in [-0.1, -0.05) is 11.6 Å². The molecule has 18 heavy (non-hydrogen) atoms. The van der Waals surface area contributed by atoms with Crippen LogP contribution in [-0.2, 0) is 6.61 Å². The molecule has 0 atom stereocenters. The Morgan fingerprint density at radius 1 is 1.44 bits per heavy atom. The summed E-state index contributed by atoms with van der Waals surface area (Å²) in [6.45, 7) is -0.152. The predicted octanol–water partition coefficient (Wildman–Crippen LogP) is 2.73. The van der Waals surface area contributed by atoms with Gasteiger partial charge in [-0.15, -0.1) is 11.3 Å². The van der Waals surface area contributed by atoms with Crippen LogP contribution in [0.1, 0.15) is 5.69 Å². The Labute approximate surface area is 111 Å². The van der Waals surface area contributed by atoms with E-state index in [-0.39, 0.29) is 6.61 Å². The minimum Gasteiger partial charge on any atom is -0.435 e.